The highest BCUT2D eigenvalue weighted by Crippen LogP contribution is 2.27. The Hall–Kier alpha value is -2.63. The summed E-state index contributed by atoms with van der Waals surface area (Å²) in [6.45, 7) is 5.81. The van der Waals surface area contributed by atoms with Gasteiger partial charge in [-0.15, -0.1) is 10.2 Å². The molecule has 3 rings (SSSR count). The number of carbonyl (C=O) groups is 1. The van der Waals surface area contributed by atoms with Gasteiger partial charge in [0.1, 0.15) is 12.3 Å². The molecule has 0 bridgehead atoms. The van der Waals surface area contributed by atoms with Gasteiger partial charge in [0.15, 0.2) is 4.34 Å². The third-order valence-electron chi connectivity index (χ3n) is 4.25. The van der Waals surface area contributed by atoms with Crippen LogP contribution in [0, 0.1) is 6.92 Å². The molecule has 0 atom stereocenters. The summed E-state index contributed by atoms with van der Waals surface area (Å²) in [6.07, 6.45) is 0. The van der Waals surface area contributed by atoms with Crippen molar-refractivity contribution in [1.82, 2.24) is 10.2 Å². The molecule has 32 heavy (non-hydrogen) atoms. The number of nitrogens with one attached hydrogen (secondary N) is 1. The summed E-state index contributed by atoms with van der Waals surface area (Å²) >= 11 is 2.76. The van der Waals surface area contributed by atoms with Crippen LogP contribution in [0.5, 0.6) is 5.75 Å². The summed E-state index contributed by atoms with van der Waals surface area (Å²) in [6, 6.07) is 13.1. The molecule has 170 valence electrons. The quantitative estimate of drug-likeness (QED) is 0.334. The zero-order chi connectivity index (χ0) is 23.1. The highest BCUT2D eigenvalue weighted by molar-refractivity contribution is 8.01. The fraction of sp³-hybridized carbons (Fsp3) is 0.286. The summed E-state index contributed by atoms with van der Waals surface area (Å²) in [5, 5.41) is 10.9. The third kappa shape index (κ3) is 5.99. The van der Waals surface area contributed by atoms with Crippen molar-refractivity contribution in [3.05, 3.63) is 54.1 Å². The van der Waals surface area contributed by atoms with Gasteiger partial charge < -0.3 is 4.74 Å². The molecule has 0 aliphatic carbocycles. The molecule has 0 aliphatic heterocycles. The molecule has 2 aromatic carbocycles. The van der Waals surface area contributed by atoms with Crippen molar-refractivity contribution >= 4 is 49.8 Å². The van der Waals surface area contributed by atoms with Crippen molar-refractivity contribution in [2.75, 3.05) is 28.5 Å². The van der Waals surface area contributed by atoms with E-state index in [2.05, 4.69) is 15.5 Å². The van der Waals surface area contributed by atoms with E-state index in [0.29, 0.717) is 23.2 Å². The van der Waals surface area contributed by atoms with Crippen LogP contribution in [-0.2, 0) is 14.8 Å². The summed E-state index contributed by atoms with van der Waals surface area (Å²) in [5.74, 6) is 0.935. The molecule has 0 radical (unpaired) electrons. The molecule has 3 aromatic rings. The van der Waals surface area contributed by atoms with Crippen LogP contribution >= 0.6 is 23.1 Å². The highest BCUT2D eigenvalue weighted by Gasteiger charge is 2.27. The van der Waals surface area contributed by atoms with Gasteiger partial charge >= 0.3 is 0 Å². The van der Waals surface area contributed by atoms with Crippen molar-refractivity contribution in [3.8, 4) is 5.75 Å². The standard InChI is InChI=1S/C21H24N4O4S3/c1-4-29-17-10-8-16(9-11-17)25(32(27,28)18-12-6-15(3)7-13-18)14-19(26)22-20-23-24-21(31-20)30-5-2/h6-13H,4-5,14H2,1-3H3,(H,22,23,26). The second-order valence-electron chi connectivity index (χ2n) is 6.61. The number of carbonyl (C=O) groups excluding carboxylic acids is 1. The van der Waals surface area contributed by atoms with E-state index in [-0.39, 0.29) is 4.90 Å². The monoisotopic (exact) mass is 492 g/mol. The Morgan fingerprint density at radius 3 is 2.41 bits per heavy atom. The summed E-state index contributed by atoms with van der Waals surface area (Å²) in [4.78, 5) is 12.9. The molecule has 0 saturated heterocycles. The maximum Gasteiger partial charge on any atom is 0.264 e. The van der Waals surface area contributed by atoms with Crippen LogP contribution in [0.1, 0.15) is 19.4 Å². The number of thioether (sulfide) groups is 1. The number of sulfonamides is 1. The lowest BCUT2D eigenvalue weighted by Gasteiger charge is -2.24. The number of hydrogen-bond donors (Lipinski definition) is 1. The van der Waals surface area contributed by atoms with Crippen LogP contribution < -0.4 is 14.4 Å². The Morgan fingerprint density at radius 1 is 1.09 bits per heavy atom. The van der Waals surface area contributed by atoms with Gasteiger partial charge in [-0.1, -0.05) is 47.7 Å². The number of aryl methyl sites for hydroxylation is 1. The molecule has 0 aliphatic rings. The van der Waals surface area contributed by atoms with Crippen LogP contribution in [-0.4, -0.2) is 43.4 Å². The van der Waals surface area contributed by atoms with E-state index in [0.717, 1.165) is 20.0 Å². The molecule has 0 spiro atoms. The lowest BCUT2D eigenvalue weighted by atomic mass is 10.2. The first-order chi connectivity index (χ1) is 15.3. The summed E-state index contributed by atoms with van der Waals surface area (Å²) in [7, 11) is -3.99. The van der Waals surface area contributed by atoms with Crippen molar-refractivity contribution in [3.63, 3.8) is 0 Å². The molecule has 1 amide bonds. The highest BCUT2D eigenvalue weighted by atomic mass is 32.2. The van der Waals surface area contributed by atoms with Gasteiger partial charge in [-0.05, 0) is 56.0 Å². The second-order valence-corrected chi connectivity index (χ2v) is 11.0. The molecule has 1 N–H and O–H groups in total. The lowest BCUT2D eigenvalue weighted by Crippen LogP contribution is -2.38. The minimum Gasteiger partial charge on any atom is -0.494 e. The smallest absolute Gasteiger partial charge is 0.264 e. The SMILES string of the molecule is CCOc1ccc(N(CC(=O)Nc2nnc(SCC)s2)S(=O)(=O)c2ccc(C)cc2)cc1. The first-order valence-corrected chi connectivity index (χ1v) is 13.2. The van der Waals surface area contributed by atoms with Crippen LogP contribution in [0.4, 0.5) is 10.8 Å². The molecular weight excluding hydrogens is 468 g/mol. The van der Waals surface area contributed by atoms with Crippen molar-refractivity contribution in [1.29, 1.82) is 0 Å². The largest absolute Gasteiger partial charge is 0.494 e. The number of nitrogens with zero attached hydrogens (tertiary/aromatic N) is 3. The molecule has 1 heterocycles. The molecule has 1 aromatic heterocycles. The van der Waals surface area contributed by atoms with E-state index in [1.807, 2.05) is 20.8 Å². The fourth-order valence-corrected chi connectivity index (χ4v) is 5.85. The maximum absolute atomic E-state index is 13.4. The Balaban J connectivity index is 1.88. The van der Waals surface area contributed by atoms with Crippen LogP contribution in [0.3, 0.4) is 0 Å². The van der Waals surface area contributed by atoms with Crippen LogP contribution in [0.15, 0.2) is 57.8 Å². The zero-order valence-corrected chi connectivity index (χ0v) is 20.4. The van der Waals surface area contributed by atoms with Crippen molar-refractivity contribution < 1.29 is 17.9 Å². The summed E-state index contributed by atoms with van der Waals surface area (Å²) in [5.41, 5.74) is 1.29. The van der Waals surface area contributed by atoms with Gasteiger partial charge in [-0.25, -0.2) is 8.42 Å². The van der Waals surface area contributed by atoms with E-state index in [1.54, 1.807) is 36.4 Å². The number of rotatable bonds is 10. The predicted octanol–water partition coefficient (Wildman–Crippen LogP) is 4.19. The van der Waals surface area contributed by atoms with E-state index >= 15 is 0 Å². The molecule has 8 nitrogen and oxygen atoms in total. The van der Waals surface area contributed by atoms with Crippen LogP contribution in [0.25, 0.3) is 0 Å². The van der Waals surface area contributed by atoms with Gasteiger partial charge in [0, 0.05) is 0 Å². The minimum atomic E-state index is -3.99. The average Bonchev–Trinajstić information content (AvgIpc) is 3.20. The van der Waals surface area contributed by atoms with E-state index in [9.17, 15) is 13.2 Å². The number of benzene rings is 2. The predicted molar refractivity (Wildman–Crippen MR) is 128 cm³/mol. The van der Waals surface area contributed by atoms with E-state index < -0.39 is 22.5 Å². The third-order valence-corrected chi connectivity index (χ3v) is 7.89. The molecule has 0 unspecified atom stereocenters. The lowest BCUT2D eigenvalue weighted by molar-refractivity contribution is -0.114. The van der Waals surface area contributed by atoms with E-state index in [4.69, 9.17) is 4.74 Å². The molecule has 11 heteroatoms. The van der Waals surface area contributed by atoms with Crippen molar-refractivity contribution in [2.24, 2.45) is 0 Å². The number of aromatic nitrogens is 2. The fourth-order valence-electron chi connectivity index (χ4n) is 2.76. The second kappa shape index (κ2) is 10.8. The zero-order valence-electron chi connectivity index (χ0n) is 17.9. The number of anilines is 2. The first-order valence-electron chi connectivity index (χ1n) is 9.92. The summed E-state index contributed by atoms with van der Waals surface area (Å²) < 4.78 is 34.1. The Kier molecular flexibility index (Phi) is 8.10. The van der Waals surface area contributed by atoms with Gasteiger partial charge in [-0.2, -0.15) is 0 Å². The maximum atomic E-state index is 13.4. The van der Waals surface area contributed by atoms with Gasteiger partial charge in [0.2, 0.25) is 11.0 Å². The first kappa shape index (κ1) is 24.0. The Bertz CT molecular complexity index is 1150. The van der Waals surface area contributed by atoms with Crippen molar-refractivity contribution in [2.45, 2.75) is 30.0 Å². The number of ether oxygens (including phenoxy) is 1. The minimum absolute atomic E-state index is 0.0994. The number of hydrogen-bond acceptors (Lipinski definition) is 8. The Morgan fingerprint density at radius 2 is 1.78 bits per heavy atom. The van der Waals surface area contributed by atoms with Gasteiger partial charge in [0.05, 0.1) is 17.2 Å². The average molecular weight is 493 g/mol. The van der Waals surface area contributed by atoms with Gasteiger partial charge in [-0.3, -0.25) is 14.4 Å². The molecule has 0 fully saturated rings. The normalized spacial score (nSPS) is 11.2. The molecular formula is C21H24N4O4S3. The van der Waals surface area contributed by atoms with Gasteiger partial charge in [0.25, 0.3) is 10.0 Å². The molecule has 0 saturated carbocycles. The van der Waals surface area contributed by atoms with Crippen LogP contribution in [0.2, 0.25) is 0 Å². The van der Waals surface area contributed by atoms with E-state index in [1.165, 1.54) is 35.2 Å². The number of amides is 1. The topological polar surface area (TPSA) is 101 Å². The Labute approximate surface area is 196 Å².